The minimum atomic E-state index is 0.0299. The van der Waals surface area contributed by atoms with Gasteiger partial charge < -0.3 is 15.1 Å². The molecule has 1 aromatic heterocycles. The monoisotopic (exact) mass is 356 g/mol. The van der Waals surface area contributed by atoms with Crippen molar-refractivity contribution in [3.8, 4) is 0 Å². The van der Waals surface area contributed by atoms with Gasteiger partial charge >= 0.3 is 0 Å². The van der Waals surface area contributed by atoms with Crippen molar-refractivity contribution >= 4 is 22.4 Å². The topological polar surface area (TPSA) is 48.5 Å². The number of carbonyl (C=O) groups is 1. The number of fused-ring (bicyclic) bond motifs is 1. The first-order chi connectivity index (χ1) is 12.1. The van der Waals surface area contributed by atoms with Crippen molar-refractivity contribution in [3.05, 3.63) is 46.5 Å². The van der Waals surface area contributed by atoms with E-state index in [0.29, 0.717) is 11.6 Å². The second kappa shape index (κ2) is 6.77. The minimum Gasteiger partial charge on any atom is -0.346 e. The van der Waals surface area contributed by atoms with E-state index in [1.165, 1.54) is 11.1 Å². The Kier molecular flexibility index (Phi) is 4.48. The van der Waals surface area contributed by atoms with Gasteiger partial charge in [-0.15, -0.1) is 11.3 Å². The molecular formula is C19H24N4OS. The lowest BCUT2D eigenvalue weighted by Crippen LogP contribution is -2.43. The molecule has 1 aliphatic carbocycles. The second-order valence-corrected chi connectivity index (χ2v) is 7.76. The number of nitrogens with zero attached hydrogens (tertiary/aromatic N) is 3. The van der Waals surface area contributed by atoms with Crippen LogP contribution in [0.4, 0.5) is 5.13 Å². The quantitative estimate of drug-likeness (QED) is 0.917. The number of hydrogen-bond donors (Lipinski definition) is 1. The van der Waals surface area contributed by atoms with E-state index in [-0.39, 0.29) is 11.9 Å². The Morgan fingerprint density at radius 3 is 2.84 bits per heavy atom. The van der Waals surface area contributed by atoms with Gasteiger partial charge in [0.05, 0.1) is 0 Å². The molecule has 1 amide bonds. The van der Waals surface area contributed by atoms with Crippen LogP contribution in [-0.2, 0) is 6.42 Å². The van der Waals surface area contributed by atoms with Crippen LogP contribution in [0.2, 0.25) is 0 Å². The first-order valence-corrected chi connectivity index (χ1v) is 9.79. The van der Waals surface area contributed by atoms with Crippen molar-refractivity contribution in [1.29, 1.82) is 0 Å². The Hall–Kier alpha value is -1.92. The number of hydrogen-bond acceptors (Lipinski definition) is 5. The van der Waals surface area contributed by atoms with E-state index in [1.54, 1.807) is 11.3 Å². The highest BCUT2D eigenvalue weighted by molar-refractivity contribution is 7.13. The van der Waals surface area contributed by atoms with E-state index >= 15 is 0 Å². The van der Waals surface area contributed by atoms with E-state index in [0.717, 1.165) is 37.7 Å². The first-order valence-electron chi connectivity index (χ1n) is 8.91. The van der Waals surface area contributed by atoms with Crippen molar-refractivity contribution in [3.63, 3.8) is 0 Å². The molecule has 1 aromatic carbocycles. The summed E-state index contributed by atoms with van der Waals surface area (Å²) in [6.45, 7) is 6.06. The molecule has 1 saturated heterocycles. The maximum atomic E-state index is 13.0. The van der Waals surface area contributed by atoms with E-state index in [4.69, 9.17) is 0 Å². The molecule has 1 N–H and O–H groups in total. The van der Waals surface area contributed by atoms with Gasteiger partial charge in [-0.05, 0) is 17.5 Å². The lowest BCUT2D eigenvalue weighted by Gasteiger charge is -2.28. The smallest absolute Gasteiger partial charge is 0.273 e. The summed E-state index contributed by atoms with van der Waals surface area (Å²) < 4.78 is 0. The van der Waals surface area contributed by atoms with Crippen LogP contribution in [0.5, 0.6) is 0 Å². The predicted molar refractivity (Wildman–Crippen MR) is 102 cm³/mol. The number of benzene rings is 1. The third-order valence-electron chi connectivity index (χ3n) is 5.47. The van der Waals surface area contributed by atoms with Gasteiger partial charge in [0, 0.05) is 50.6 Å². The number of carbonyl (C=O) groups excluding carboxylic acids is 1. The summed E-state index contributed by atoms with van der Waals surface area (Å²) in [5.74, 6) is 0.388. The van der Waals surface area contributed by atoms with E-state index in [9.17, 15) is 4.79 Å². The Balaban J connectivity index is 1.49. The maximum Gasteiger partial charge on any atom is 0.273 e. The lowest BCUT2D eigenvalue weighted by atomic mass is 10.00. The normalized spacial score (nSPS) is 22.7. The average molecular weight is 356 g/mol. The number of likely N-dealkylation sites (N-methyl/N-ethyl adjacent to an activating group) is 1. The molecule has 4 rings (SSSR count). The molecule has 0 spiro atoms. The molecule has 2 aliphatic rings. The Bertz CT molecular complexity index is 768. The minimum absolute atomic E-state index is 0.0299. The SMILES string of the molecule is CC1c2ccccc2CC1N(C)C(=O)c1csc(N2CCNCC2)n1. The van der Waals surface area contributed by atoms with Gasteiger partial charge in [0.15, 0.2) is 5.13 Å². The van der Waals surface area contributed by atoms with Gasteiger partial charge in [0.1, 0.15) is 5.69 Å². The van der Waals surface area contributed by atoms with Crippen LogP contribution in [-0.4, -0.2) is 55.1 Å². The number of anilines is 1. The summed E-state index contributed by atoms with van der Waals surface area (Å²) in [4.78, 5) is 21.7. The fourth-order valence-corrected chi connectivity index (χ4v) is 4.79. The van der Waals surface area contributed by atoms with E-state index < -0.39 is 0 Å². The third-order valence-corrected chi connectivity index (χ3v) is 6.37. The maximum absolute atomic E-state index is 13.0. The zero-order chi connectivity index (χ0) is 17.4. The summed E-state index contributed by atoms with van der Waals surface area (Å²) in [6.07, 6.45) is 0.925. The van der Waals surface area contributed by atoms with Crippen LogP contribution in [0.15, 0.2) is 29.6 Å². The predicted octanol–water partition coefficient (Wildman–Crippen LogP) is 2.35. The molecule has 2 aromatic rings. The van der Waals surface area contributed by atoms with Gasteiger partial charge in [-0.1, -0.05) is 31.2 Å². The Morgan fingerprint density at radius 1 is 1.32 bits per heavy atom. The first kappa shape index (κ1) is 16.5. The standard InChI is InChI=1S/C19H24N4OS/c1-13-15-6-4-3-5-14(15)11-17(13)22(2)18(24)16-12-25-19(21-16)23-9-7-20-8-10-23/h3-6,12-13,17,20H,7-11H2,1-2H3. The van der Waals surface area contributed by atoms with Gasteiger partial charge in [-0.3, -0.25) is 4.79 Å². The summed E-state index contributed by atoms with van der Waals surface area (Å²) in [5, 5.41) is 6.21. The lowest BCUT2D eigenvalue weighted by molar-refractivity contribution is 0.0716. The zero-order valence-electron chi connectivity index (χ0n) is 14.7. The van der Waals surface area contributed by atoms with Crippen LogP contribution in [0, 0.1) is 0 Å². The number of piperazine rings is 1. The zero-order valence-corrected chi connectivity index (χ0v) is 15.6. The van der Waals surface area contributed by atoms with E-state index in [2.05, 4.69) is 46.4 Å². The number of nitrogens with one attached hydrogen (secondary N) is 1. The van der Waals surface area contributed by atoms with Crippen molar-refractivity contribution in [2.75, 3.05) is 38.1 Å². The van der Waals surface area contributed by atoms with Crippen molar-refractivity contribution in [2.45, 2.75) is 25.3 Å². The number of rotatable bonds is 3. The molecular weight excluding hydrogens is 332 g/mol. The molecule has 25 heavy (non-hydrogen) atoms. The van der Waals surface area contributed by atoms with Gasteiger partial charge in [0.25, 0.3) is 5.91 Å². The van der Waals surface area contributed by atoms with Crippen molar-refractivity contribution < 1.29 is 4.79 Å². The molecule has 6 heteroatoms. The van der Waals surface area contributed by atoms with Gasteiger partial charge in [0.2, 0.25) is 0 Å². The van der Waals surface area contributed by atoms with E-state index in [1.807, 2.05) is 17.3 Å². The highest BCUT2D eigenvalue weighted by Crippen LogP contribution is 2.36. The Morgan fingerprint density at radius 2 is 2.08 bits per heavy atom. The fourth-order valence-electron chi connectivity index (χ4n) is 3.94. The molecule has 2 unspecified atom stereocenters. The Labute approximate surface area is 152 Å². The van der Waals surface area contributed by atoms with Gasteiger partial charge in [-0.2, -0.15) is 0 Å². The largest absolute Gasteiger partial charge is 0.346 e. The third kappa shape index (κ3) is 3.04. The van der Waals surface area contributed by atoms with Crippen LogP contribution in [0.1, 0.15) is 34.5 Å². The van der Waals surface area contributed by atoms with Crippen LogP contribution in [0.3, 0.4) is 0 Å². The van der Waals surface area contributed by atoms with Crippen molar-refractivity contribution in [2.24, 2.45) is 0 Å². The molecule has 1 fully saturated rings. The highest BCUT2D eigenvalue weighted by atomic mass is 32.1. The number of thiazole rings is 1. The molecule has 2 heterocycles. The fraction of sp³-hybridized carbons (Fsp3) is 0.474. The second-order valence-electron chi connectivity index (χ2n) is 6.93. The summed E-state index contributed by atoms with van der Waals surface area (Å²) >= 11 is 1.57. The summed E-state index contributed by atoms with van der Waals surface area (Å²) in [5.41, 5.74) is 3.30. The van der Waals surface area contributed by atoms with Crippen LogP contribution < -0.4 is 10.2 Å². The number of amides is 1. The average Bonchev–Trinajstić information content (AvgIpc) is 3.27. The number of aromatic nitrogens is 1. The van der Waals surface area contributed by atoms with Crippen LogP contribution >= 0.6 is 11.3 Å². The molecule has 0 radical (unpaired) electrons. The molecule has 1 aliphatic heterocycles. The van der Waals surface area contributed by atoms with Crippen LogP contribution in [0.25, 0.3) is 0 Å². The summed E-state index contributed by atoms with van der Waals surface area (Å²) in [6, 6.07) is 8.73. The summed E-state index contributed by atoms with van der Waals surface area (Å²) in [7, 11) is 1.92. The molecule has 132 valence electrons. The van der Waals surface area contributed by atoms with Gasteiger partial charge in [-0.25, -0.2) is 4.98 Å². The molecule has 0 bridgehead atoms. The molecule has 5 nitrogen and oxygen atoms in total. The van der Waals surface area contributed by atoms with Crippen molar-refractivity contribution in [1.82, 2.24) is 15.2 Å². The molecule has 2 atom stereocenters. The molecule has 0 saturated carbocycles. The highest BCUT2D eigenvalue weighted by Gasteiger charge is 2.34.